The molecule has 1 aliphatic heterocycles. The first-order valence-corrected chi connectivity index (χ1v) is 10.3. The molecule has 0 spiro atoms. The Morgan fingerprint density at radius 1 is 1.38 bits per heavy atom. The van der Waals surface area contributed by atoms with Crippen molar-refractivity contribution in [3.8, 4) is 0 Å². The number of carbonyl (C=O) groups is 2. The van der Waals surface area contributed by atoms with Crippen LogP contribution in [0.2, 0.25) is 0 Å². The van der Waals surface area contributed by atoms with Crippen LogP contribution in [-0.2, 0) is 14.8 Å². The van der Waals surface area contributed by atoms with E-state index in [0.717, 1.165) is 37.0 Å². The Hall–Kier alpha value is -1.45. The largest absolute Gasteiger partial charge is 0.477 e. The molecule has 2 heterocycles. The average Bonchev–Trinajstić information content (AvgIpc) is 3.25. The monoisotopic (exact) mass is 372 g/mol. The molecule has 1 saturated carbocycles. The third-order valence-corrected chi connectivity index (χ3v) is 7.18. The fraction of sp³-hybridized carbons (Fsp3) is 0.600. The molecule has 132 valence electrons. The van der Waals surface area contributed by atoms with Crippen molar-refractivity contribution in [3.63, 3.8) is 0 Å². The summed E-state index contributed by atoms with van der Waals surface area (Å²) in [5, 5.41) is 10.5. The van der Waals surface area contributed by atoms with E-state index < -0.39 is 16.0 Å². The van der Waals surface area contributed by atoms with E-state index in [4.69, 9.17) is 5.11 Å². The van der Waals surface area contributed by atoms with Gasteiger partial charge in [0.1, 0.15) is 9.77 Å². The van der Waals surface area contributed by atoms with Crippen molar-refractivity contribution < 1.29 is 23.1 Å². The number of hydrogen-bond acceptors (Lipinski definition) is 5. The molecule has 1 saturated heterocycles. The van der Waals surface area contributed by atoms with Crippen molar-refractivity contribution in [2.45, 2.75) is 43.0 Å². The number of likely N-dealkylation sites (tertiary alicyclic amines) is 1. The van der Waals surface area contributed by atoms with E-state index >= 15 is 0 Å². The Balaban J connectivity index is 1.62. The summed E-state index contributed by atoms with van der Waals surface area (Å²) in [6, 6.07) is 1.59. The minimum atomic E-state index is -3.88. The number of carboxylic acid groups (broad SMARTS) is 1. The van der Waals surface area contributed by atoms with E-state index in [1.807, 2.05) is 4.90 Å². The van der Waals surface area contributed by atoms with E-state index in [1.54, 1.807) is 0 Å². The van der Waals surface area contributed by atoms with Crippen LogP contribution in [0.15, 0.2) is 16.3 Å². The van der Waals surface area contributed by atoms with Crippen molar-refractivity contribution in [2.75, 3.05) is 13.1 Å². The van der Waals surface area contributed by atoms with E-state index in [1.165, 1.54) is 11.4 Å². The molecule has 0 bridgehead atoms. The number of rotatable bonds is 6. The van der Waals surface area contributed by atoms with Crippen LogP contribution < -0.4 is 4.72 Å². The molecule has 1 aliphatic carbocycles. The van der Waals surface area contributed by atoms with Gasteiger partial charge < -0.3 is 10.0 Å². The molecule has 1 atom stereocenters. The fourth-order valence-electron chi connectivity index (χ4n) is 3.48. The molecule has 3 rings (SSSR count). The topological polar surface area (TPSA) is 104 Å². The number of aromatic carboxylic acids is 1. The molecule has 1 aromatic rings. The highest BCUT2D eigenvalue weighted by Gasteiger charge is 2.36. The van der Waals surface area contributed by atoms with Gasteiger partial charge in [0, 0.05) is 25.6 Å². The lowest BCUT2D eigenvalue weighted by Crippen LogP contribution is -2.36. The number of nitrogens with one attached hydrogen (secondary N) is 1. The van der Waals surface area contributed by atoms with Crippen LogP contribution in [-0.4, -0.2) is 49.4 Å². The molecule has 2 N–H and O–H groups in total. The lowest BCUT2D eigenvalue weighted by Gasteiger charge is -2.24. The van der Waals surface area contributed by atoms with Crippen molar-refractivity contribution in [1.29, 1.82) is 0 Å². The molecule has 7 nitrogen and oxygen atoms in total. The van der Waals surface area contributed by atoms with Gasteiger partial charge in [0.25, 0.3) is 0 Å². The third kappa shape index (κ3) is 3.47. The van der Waals surface area contributed by atoms with Crippen LogP contribution in [0.5, 0.6) is 0 Å². The maximum Gasteiger partial charge on any atom is 0.347 e. The zero-order valence-corrected chi connectivity index (χ0v) is 14.7. The van der Waals surface area contributed by atoms with Crippen molar-refractivity contribution >= 4 is 33.2 Å². The smallest absolute Gasteiger partial charge is 0.347 e. The summed E-state index contributed by atoms with van der Waals surface area (Å²) >= 11 is 0.879. The summed E-state index contributed by atoms with van der Waals surface area (Å²) in [5.74, 6) is -1.23. The van der Waals surface area contributed by atoms with Crippen LogP contribution in [0.25, 0.3) is 0 Å². The molecular formula is C15H20N2O5S2. The van der Waals surface area contributed by atoms with Gasteiger partial charge in [0.05, 0.1) is 0 Å². The first kappa shape index (κ1) is 17.4. The standard InChI is InChI=1S/C15H20N2O5S2/c18-13-7-10(9-17(13)11-3-1-2-4-11)8-16-24(21,22)12-5-6-23-14(12)15(19)20/h5-6,10-11,16H,1-4,7-9H2,(H,19,20). The number of thiophene rings is 1. The van der Waals surface area contributed by atoms with Gasteiger partial charge >= 0.3 is 5.97 Å². The Labute approximate surface area is 144 Å². The van der Waals surface area contributed by atoms with Gasteiger partial charge in [-0.05, 0) is 30.2 Å². The van der Waals surface area contributed by atoms with Gasteiger partial charge in [-0.3, -0.25) is 4.79 Å². The van der Waals surface area contributed by atoms with Gasteiger partial charge in [-0.15, -0.1) is 11.3 Å². The Bertz CT molecular complexity index is 737. The summed E-state index contributed by atoms with van der Waals surface area (Å²) in [4.78, 5) is 24.7. The maximum atomic E-state index is 12.3. The molecule has 1 unspecified atom stereocenters. The van der Waals surface area contributed by atoms with Gasteiger partial charge in [-0.2, -0.15) is 0 Å². The second-order valence-corrected chi connectivity index (χ2v) is 8.98. The molecule has 0 radical (unpaired) electrons. The second kappa shape index (κ2) is 6.81. The van der Waals surface area contributed by atoms with Crippen molar-refractivity contribution in [1.82, 2.24) is 9.62 Å². The summed E-state index contributed by atoms with van der Waals surface area (Å²) in [5.41, 5.74) is 0. The van der Waals surface area contributed by atoms with Gasteiger partial charge in [0.2, 0.25) is 15.9 Å². The minimum absolute atomic E-state index is 0.0696. The highest BCUT2D eigenvalue weighted by molar-refractivity contribution is 7.89. The van der Waals surface area contributed by atoms with E-state index in [2.05, 4.69) is 4.72 Å². The Morgan fingerprint density at radius 3 is 2.75 bits per heavy atom. The normalized spacial score (nSPS) is 22.4. The third-order valence-electron chi connectivity index (χ3n) is 4.68. The van der Waals surface area contributed by atoms with E-state index in [9.17, 15) is 18.0 Å². The molecule has 1 aromatic heterocycles. The summed E-state index contributed by atoms with van der Waals surface area (Å²) in [6.07, 6.45) is 4.68. The number of carboxylic acids is 1. The number of nitrogens with zero attached hydrogens (tertiary/aromatic N) is 1. The Morgan fingerprint density at radius 2 is 2.08 bits per heavy atom. The molecule has 9 heteroatoms. The van der Waals surface area contributed by atoms with Crippen molar-refractivity contribution in [2.24, 2.45) is 5.92 Å². The lowest BCUT2D eigenvalue weighted by atomic mass is 10.1. The summed E-state index contributed by atoms with van der Waals surface area (Å²) in [6.45, 7) is 0.716. The number of carbonyl (C=O) groups excluding carboxylic acids is 1. The zero-order chi connectivity index (χ0) is 17.3. The number of amides is 1. The molecule has 2 fully saturated rings. The second-order valence-electron chi connectivity index (χ2n) is 6.33. The van der Waals surface area contributed by atoms with Crippen LogP contribution >= 0.6 is 11.3 Å². The highest BCUT2D eigenvalue weighted by Crippen LogP contribution is 2.29. The molecule has 0 aromatic carbocycles. The average molecular weight is 372 g/mol. The lowest BCUT2D eigenvalue weighted by molar-refractivity contribution is -0.129. The number of sulfonamides is 1. The van der Waals surface area contributed by atoms with Crippen molar-refractivity contribution in [3.05, 3.63) is 16.3 Å². The van der Waals surface area contributed by atoms with Crippen LogP contribution in [0, 0.1) is 5.92 Å². The summed E-state index contributed by atoms with van der Waals surface area (Å²) < 4.78 is 27.1. The zero-order valence-electron chi connectivity index (χ0n) is 13.1. The Kier molecular flexibility index (Phi) is 4.93. The molecular weight excluding hydrogens is 352 g/mol. The fourth-order valence-corrected chi connectivity index (χ4v) is 5.86. The summed E-state index contributed by atoms with van der Waals surface area (Å²) in [7, 11) is -3.88. The first-order valence-electron chi connectivity index (χ1n) is 7.98. The van der Waals surface area contributed by atoms with Crippen LogP contribution in [0.1, 0.15) is 41.8 Å². The van der Waals surface area contributed by atoms with Gasteiger partial charge in [-0.1, -0.05) is 12.8 Å². The number of hydrogen-bond donors (Lipinski definition) is 2. The van der Waals surface area contributed by atoms with Gasteiger partial charge in [-0.25, -0.2) is 17.9 Å². The van der Waals surface area contributed by atoms with E-state index in [0.29, 0.717) is 19.0 Å². The first-order chi connectivity index (χ1) is 11.4. The molecule has 2 aliphatic rings. The predicted molar refractivity (Wildman–Crippen MR) is 88.5 cm³/mol. The SMILES string of the molecule is O=C(O)c1sccc1S(=O)(=O)NCC1CC(=O)N(C2CCCC2)C1. The minimum Gasteiger partial charge on any atom is -0.477 e. The molecule has 24 heavy (non-hydrogen) atoms. The quantitative estimate of drug-likeness (QED) is 0.788. The van der Waals surface area contributed by atoms with E-state index in [-0.39, 0.29) is 28.1 Å². The van der Waals surface area contributed by atoms with Gasteiger partial charge in [0.15, 0.2) is 0 Å². The molecule has 1 amide bonds. The van der Waals surface area contributed by atoms with Crippen LogP contribution in [0.3, 0.4) is 0 Å². The predicted octanol–water partition coefficient (Wildman–Crippen LogP) is 1.52. The highest BCUT2D eigenvalue weighted by atomic mass is 32.2. The van der Waals surface area contributed by atoms with Crippen LogP contribution in [0.4, 0.5) is 0 Å². The maximum absolute atomic E-state index is 12.3.